The van der Waals surface area contributed by atoms with Crippen molar-refractivity contribution in [2.75, 3.05) is 0 Å². The Bertz CT molecular complexity index is 455. The van der Waals surface area contributed by atoms with Gasteiger partial charge in [-0.3, -0.25) is 0 Å². The normalized spacial score (nSPS) is 31.7. The molecule has 2 heteroatoms. The molecule has 1 saturated carbocycles. The van der Waals surface area contributed by atoms with Crippen molar-refractivity contribution in [2.45, 2.75) is 52.5 Å². The van der Waals surface area contributed by atoms with Gasteiger partial charge >= 0.3 is 0 Å². The molecule has 0 saturated heterocycles. The smallest absolute Gasteiger partial charge is 0.128 e. The van der Waals surface area contributed by atoms with E-state index in [1.54, 1.807) is 6.07 Å². The monoisotopic (exact) mass is 263 g/mol. The zero-order valence-corrected chi connectivity index (χ0v) is 12.5. The summed E-state index contributed by atoms with van der Waals surface area (Å²) in [6.07, 6.45) is 3.19. The summed E-state index contributed by atoms with van der Waals surface area (Å²) in [6.45, 7) is 8.64. The first kappa shape index (κ1) is 14.5. The molecule has 3 unspecified atom stereocenters. The summed E-state index contributed by atoms with van der Waals surface area (Å²) < 4.78 is 14.3. The van der Waals surface area contributed by atoms with Gasteiger partial charge in [0.05, 0.1) is 0 Å². The summed E-state index contributed by atoms with van der Waals surface area (Å²) in [6, 6.07) is 5.33. The Morgan fingerprint density at radius 3 is 2.63 bits per heavy atom. The fourth-order valence-corrected chi connectivity index (χ4v) is 3.79. The molecule has 106 valence electrons. The third-order valence-electron chi connectivity index (χ3n) is 4.75. The van der Waals surface area contributed by atoms with Gasteiger partial charge in [0.2, 0.25) is 0 Å². The van der Waals surface area contributed by atoms with E-state index < -0.39 is 5.54 Å². The molecule has 0 amide bonds. The molecule has 1 fully saturated rings. The highest BCUT2D eigenvalue weighted by Gasteiger charge is 2.43. The van der Waals surface area contributed by atoms with Crippen molar-refractivity contribution in [3.63, 3.8) is 0 Å². The molecule has 3 atom stereocenters. The molecule has 1 nitrogen and oxygen atoms in total. The Morgan fingerprint density at radius 2 is 2.00 bits per heavy atom. The van der Waals surface area contributed by atoms with E-state index in [2.05, 4.69) is 20.8 Å². The van der Waals surface area contributed by atoms with Gasteiger partial charge in [-0.05, 0) is 43.6 Å². The molecule has 19 heavy (non-hydrogen) atoms. The van der Waals surface area contributed by atoms with Crippen LogP contribution in [0.3, 0.4) is 0 Å². The van der Waals surface area contributed by atoms with Crippen molar-refractivity contribution in [3.05, 3.63) is 35.1 Å². The van der Waals surface area contributed by atoms with E-state index in [0.717, 1.165) is 24.0 Å². The van der Waals surface area contributed by atoms with E-state index in [1.165, 1.54) is 6.42 Å². The Labute approximate surface area is 116 Å². The molecule has 1 aliphatic carbocycles. The minimum Gasteiger partial charge on any atom is -0.321 e. The fourth-order valence-electron chi connectivity index (χ4n) is 3.79. The summed E-state index contributed by atoms with van der Waals surface area (Å²) in [4.78, 5) is 0. The summed E-state index contributed by atoms with van der Waals surface area (Å²) in [5.74, 6) is 1.27. The molecule has 0 heterocycles. The third-order valence-corrected chi connectivity index (χ3v) is 4.75. The lowest BCUT2D eigenvalue weighted by Crippen LogP contribution is -2.50. The molecule has 1 aromatic rings. The molecule has 0 radical (unpaired) electrons. The predicted molar refractivity (Wildman–Crippen MR) is 78.3 cm³/mol. The van der Waals surface area contributed by atoms with Crippen molar-refractivity contribution in [1.82, 2.24) is 0 Å². The predicted octanol–water partition coefficient (Wildman–Crippen LogP) is 4.38. The minimum absolute atomic E-state index is 0.146. The van der Waals surface area contributed by atoms with Crippen LogP contribution >= 0.6 is 0 Å². The highest BCUT2D eigenvalue weighted by molar-refractivity contribution is 5.32. The van der Waals surface area contributed by atoms with E-state index in [1.807, 2.05) is 19.1 Å². The number of halogens is 1. The van der Waals surface area contributed by atoms with Crippen LogP contribution in [0.15, 0.2) is 18.2 Å². The Morgan fingerprint density at radius 1 is 1.32 bits per heavy atom. The first-order valence-corrected chi connectivity index (χ1v) is 7.40. The van der Waals surface area contributed by atoms with Gasteiger partial charge in [0.15, 0.2) is 0 Å². The van der Waals surface area contributed by atoms with Crippen molar-refractivity contribution in [1.29, 1.82) is 0 Å². The topological polar surface area (TPSA) is 26.0 Å². The van der Waals surface area contributed by atoms with Crippen LogP contribution in [0, 0.1) is 30.5 Å². The molecule has 1 aliphatic rings. The summed E-state index contributed by atoms with van der Waals surface area (Å²) in [5, 5.41) is 0. The third kappa shape index (κ3) is 2.69. The molecule has 0 spiro atoms. The summed E-state index contributed by atoms with van der Waals surface area (Å²) in [7, 11) is 0. The van der Waals surface area contributed by atoms with Gasteiger partial charge in [0.25, 0.3) is 0 Å². The van der Waals surface area contributed by atoms with Crippen LogP contribution in [0.1, 0.15) is 51.2 Å². The van der Waals surface area contributed by atoms with E-state index in [-0.39, 0.29) is 5.82 Å². The minimum atomic E-state index is -0.512. The maximum absolute atomic E-state index is 14.3. The molecule has 2 rings (SSSR count). The number of rotatable bonds is 2. The summed E-state index contributed by atoms with van der Waals surface area (Å²) in [5.41, 5.74) is 8.04. The molecular formula is C17H26FN. The number of aryl methyl sites for hydroxylation is 1. The Kier molecular flexibility index (Phi) is 4.00. The SMILES string of the molecule is Cc1ccc(F)c(C2(N)CC(C)CCC2C(C)C)c1. The van der Waals surface area contributed by atoms with Crippen molar-refractivity contribution >= 4 is 0 Å². The average molecular weight is 263 g/mol. The Hall–Kier alpha value is -0.890. The van der Waals surface area contributed by atoms with Gasteiger partial charge < -0.3 is 5.73 Å². The second-order valence-electron chi connectivity index (χ2n) is 6.76. The molecular weight excluding hydrogens is 237 g/mol. The van der Waals surface area contributed by atoms with E-state index in [4.69, 9.17) is 5.73 Å². The van der Waals surface area contributed by atoms with Crippen molar-refractivity contribution in [3.8, 4) is 0 Å². The molecule has 0 bridgehead atoms. The molecule has 0 aliphatic heterocycles. The van der Waals surface area contributed by atoms with Gasteiger partial charge in [-0.25, -0.2) is 4.39 Å². The number of nitrogens with two attached hydrogens (primary N) is 1. The van der Waals surface area contributed by atoms with Crippen molar-refractivity contribution < 1.29 is 4.39 Å². The standard InChI is InChI=1S/C17H26FN/c1-11(2)14-7-5-13(4)10-17(14,19)15-9-12(3)6-8-16(15)18/h6,8-9,11,13-14H,5,7,10,19H2,1-4H3. The Balaban J connectivity index is 2.49. The van der Waals surface area contributed by atoms with Gasteiger partial charge in [-0.2, -0.15) is 0 Å². The van der Waals surface area contributed by atoms with Crippen molar-refractivity contribution in [2.24, 2.45) is 23.5 Å². The lowest BCUT2D eigenvalue weighted by Gasteiger charge is -2.46. The second kappa shape index (κ2) is 5.24. The number of hydrogen-bond donors (Lipinski definition) is 1. The highest BCUT2D eigenvalue weighted by Crippen LogP contribution is 2.46. The zero-order valence-electron chi connectivity index (χ0n) is 12.5. The number of hydrogen-bond acceptors (Lipinski definition) is 1. The van der Waals surface area contributed by atoms with Crippen LogP contribution in [0.2, 0.25) is 0 Å². The maximum atomic E-state index is 14.3. The molecule has 0 aromatic heterocycles. The van der Waals surface area contributed by atoms with Crippen LogP contribution < -0.4 is 5.73 Å². The lowest BCUT2D eigenvalue weighted by atomic mass is 9.62. The fraction of sp³-hybridized carbons (Fsp3) is 0.647. The number of benzene rings is 1. The van der Waals surface area contributed by atoms with Gasteiger partial charge in [0.1, 0.15) is 5.82 Å². The van der Waals surface area contributed by atoms with Crippen LogP contribution in [-0.2, 0) is 5.54 Å². The van der Waals surface area contributed by atoms with Crippen LogP contribution in [0.25, 0.3) is 0 Å². The highest BCUT2D eigenvalue weighted by atomic mass is 19.1. The zero-order chi connectivity index (χ0) is 14.2. The van der Waals surface area contributed by atoms with Crippen LogP contribution in [0.5, 0.6) is 0 Å². The van der Waals surface area contributed by atoms with E-state index >= 15 is 0 Å². The second-order valence-corrected chi connectivity index (χ2v) is 6.76. The van der Waals surface area contributed by atoms with Gasteiger partial charge in [-0.15, -0.1) is 0 Å². The lowest BCUT2D eigenvalue weighted by molar-refractivity contribution is 0.105. The maximum Gasteiger partial charge on any atom is 0.128 e. The van der Waals surface area contributed by atoms with E-state index in [9.17, 15) is 4.39 Å². The summed E-state index contributed by atoms with van der Waals surface area (Å²) >= 11 is 0. The molecule has 2 N–H and O–H groups in total. The van der Waals surface area contributed by atoms with E-state index in [0.29, 0.717) is 17.8 Å². The van der Waals surface area contributed by atoms with Crippen LogP contribution in [0.4, 0.5) is 4.39 Å². The average Bonchev–Trinajstić information content (AvgIpc) is 2.31. The van der Waals surface area contributed by atoms with Crippen LogP contribution in [-0.4, -0.2) is 0 Å². The first-order valence-electron chi connectivity index (χ1n) is 7.40. The quantitative estimate of drug-likeness (QED) is 0.842. The largest absolute Gasteiger partial charge is 0.321 e. The molecule has 1 aromatic carbocycles. The first-order chi connectivity index (χ1) is 8.84. The van der Waals surface area contributed by atoms with Gasteiger partial charge in [0, 0.05) is 11.1 Å². The van der Waals surface area contributed by atoms with Gasteiger partial charge in [-0.1, -0.05) is 44.9 Å².